The van der Waals surface area contributed by atoms with Gasteiger partial charge in [-0.25, -0.2) is 0 Å². The normalized spacial score (nSPS) is 12.1. The van der Waals surface area contributed by atoms with E-state index in [4.69, 9.17) is 10.5 Å². The molecule has 1 aromatic rings. The van der Waals surface area contributed by atoms with Crippen LogP contribution in [0.5, 0.6) is 5.75 Å². The highest BCUT2D eigenvalue weighted by molar-refractivity contribution is 5.35. The fraction of sp³-hybridized carbons (Fsp3) is 0.385. The molecule has 0 radical (unpaired) electrons. The molecule has 1 atom stereocenters. The second-order valence-electron chi connectivity index (χ2n) is 3.61. The van der Waals surface area contributed by atoms with Gasteiger partial charge in [0.05, 0.1) is 6.61 Å². The van der Waals surface area contributed by atoms with Crippen LogP contribution in [0, 0.1) is 0 Å². The average Bonchev–Trinajstić information content (AvgIpc) is 2.25. The molecular formula is C13H19NO. The second-order valence-corrected chi connectivity index (χ2v) is 3.61. The molecule has 0 amide bonds. The summed E-state index contributed by atoms with van der Waals surface area (Å²) in [6.07, 6.45) is 3.89. The summed E-state index contributed by atoms with van der Waals surface area (Å²) in [6.45, 7) is 6.36. The van der Waals surface area contributed by atoms with Gasteiger partial charge in [-0.1, -0.05) is 24.3 Å². The number of unbranched alkanes of at least 4 members (excludes halogenated alkanes) is 1. The third-order valence-corrected chi connectivity index (χ3v) is 2.22. The molecule has 0 spiro atoms. The molecule has 0 heterocycles. The fourth-order valence-electron chi connectivity index (χ4n) is 1.40. The Hall–Kier alpha value is -1.28. The van der Waals surface area contributed by atoms with Crippen LogP contribution in [0.1, 0.15) is 31.4 Å². The Morgan fingerprint density at radius 2 is 2.20 bits per heavy atom. The Balaban J connectivity index is 2.55. The van der Waals surface area contributed by atoms with E-state index in [0.717, 1.165) is 30.8 Å². The highest BCUT2D eigenvalue weighted by atomic mass is 16.5. The van der Waals surface area contributed by atoms with Gasteiger partial charge in [0.1, 0.15) is 5.75 Å². The first-order chi connectivity index (χ1) is 7.25. The molecule has 2 heteroatoms. The molecule has 15 heavy (non-hydrogen) atoms. The molecule has 0 aliphatic carbocycles. The third-order valence-electron chi connectivity index (χ3n) is 2.22. The maximum atomic E-state index is 5.85. The lowest BCUT2D eigenvalue weighted by atomic mass is 10.1. The number of hydrogen-bond acceptors (Lipinski definition) is 2. The molecule has 0 bridgehead atoms. The molecule has 0 aliphatic heterocycles. The summed E-state index contributed by atoms with van der Waals surface area (Å²) >= 11 is 0. The minimum Gasteiger partial charge on any atom is -0.493 e. The van der Waals surface area contributed by atoms with Gasteiger partial charge in [0, 0.05) is 11.6 Å². The van der Waals surface area contributed by atoms with E-state index in [1.165, 1.54) is 0 Å². The van der Waals surface area contributed by atoms with Crippen LogP contribution in [0.3, 0.4) is 0 Å². The largest absolute Gasteiger partial charge is 0.493 e. The van der Waals surface area contributed by atoms with Crippen molar-refractivity contribution in [2.24, 2.45) is 5.73 Å². The first-order valence-electron chi connectivity index (χ1n) is 5.34. The molecule has 82 valence electrons. The van der Waals surface area contributed by atoms with Crippen LogP contribution in [0.25, 0.3) is 0 Å². The minimum absolute atomic E-state index is 0.0144. The molecule has 0 aliphatic rings. The van der Waals surface area contributed by atoms with Crippen molar-refractivity contribution in [3.05, 3.63) is 42.5 Å². The standard InChI is InChI=1S/C13H19NO/c1-3-4-7-10-15-13-9-6-5-8-12(13)11(2)14/h3,5-6,8-9,11H,1,4,7,10,14H2,2H3/t11-/m0/s1. The number of benzene rings is 1. The van der Waals surface area contributed by atoms with Gasteiger partial charge in [-0.15, -0.1) is 6.58 Å². The highest BCUT2D eigenvalue weighted by Gasteiger charge is 2.06. The zero-order chi connectivity index (χ0) is 11.1. The zero-order valence-electron chi connectivity index (χ0n) is 9.28. The van der Waals surface area contributed by atoms with Crippen LogP contribution in [0.4, 0.5) is 0 Å². The summed E-state index contributed by atoms with van der Waals surface area (Å²) in [7, 11) is 0. The molecule has 0 aromatic heterocycles. The Morgan fingerprint density at radius 1 is 1.47 bits per heavy atom. The van der Waals surface area contributed by atoms with E-state index in [-0.39, 0.29) is 6.04 Å². The second kappa shape index (κ2) is 6.25. The lowest BCUT2D eigenvalue weighted by molar-refractivity contribution is 0.307. The topological polar surface area (TPSA) is 35.2 Å². The van der Waals surface area contributed by atoms with E-state index in [2.05, 4.69) is 6.58 Å². The van der Waals surface area contributed by atoms with Gasteiger partial charge in [0.25, 0.3) is 0 Å². The lowest BCUT2D eigenvalue weighted by Gasteiger charge is -2.13. The van der Waals surface area contributed by atoms with Gasteiger partial charge < -0.3 is 10.5 Å². The fourth-order valence-corrected chi connectivity index (χ4v) is 1.40. The monoisotopic (exact) mass is 205 g/mol. The van der Waals surface area contributed by atoms with Crippen molar-refractivity contribution in [2.45, 2.75) is 25.8 Å². The van der Waals surface area contributed by atoms with E-state index in [1.807, 2.05) is 37.3 Å². The third kappa shape index (κ3) is 3.76. The number of allylic oxidation sites excluding steroid dienone is 1. The number of para-hydroxylation sites is 1. The zero-order valence-corrected chi connectivity index (χ0v) is 9.28. The SMILES string of the molecule is C=CCCCOc1ccccc1[C@H](C)N. The summed E-state index contributed by atoms with van der Waals surface area (Å²) in [4.78, 5) is 0. The Bertz CT molecular complexity index is 307. The van der Waals surface area contributed by atoms with Crippen molar-refractivity contribution in [1.82, 2.24) is 0 Å². The minimum atomic E-state index is 0.0144. The van der Waals surface area contributed by atoms with Crippen molar-refractivity contribution in [3.8, 4) is 5.75 Å². The van der Waals surface area contributed by atoms with Crippen LogP contribution in [-0.2, 0) is 0 Å². The molecule has 0 saturated heterocycles. The van der Waals surface area contributed by atoms with Crippen molar-refractivity contribution in [3.63, 3.8) is 0 Å². The maximum Gasteiger partial charge on any atom is 0.124 e. The smallest absolute Gasteiger partial charge is 0.124 e. The van der Waals surface area contributed by atoms with E-state index < -0.39 is 0 Å². The van der Waals surface area contributed by atoms with Gasteiger partial charge in [0.15, 0.2) is 0 Å². The van der Waals surface area contributed by atoms with E-state index in [1.54, 1.807) is 0 Å². The maximum absolute atomic E-state index is 5.85. The van der Waals surface area contributed by atoms with Gasteiger partial charge in [-0.2, -0.15) is 0 Å². The first-order valence-corrected chi connectivity index (χ1v) is 5.34. The summed E-state index contributed by atoms with van der Waals surface area (Å²) in [5, 5.41) is 0. The Labute approximate surface area is 91.7 Å². The molecule has 1 rings (SSSR count). The van der Waals surface area contributed by atoms with Crippen molar-refractivity contribution < 1.29 is 4.74 Å². The quantitative estimate of drug-likeness (QED) is 0.572. The van der Waals surface area contributed by atoms with Crippen LogP contribution in [-0.4, -0.2) is 6.61 Å². The molecule has 2 N–H and O–H groups in total. The van der Waals surface area contributed by atoms with Crippen LogP contribution >= 0.6 is 0 Å². The van der Waals surface area contributed by atoms with Crippen LogP contribution in [0.2, 0.25) is 0 Å². The predicted molar refractivity (Wildman–Crippen MR) is 64.0 cm³/mol. The molecule has 0 unspecified atom stereocenters. The first kappa shape index (κ1) is 11.8. The number of rotatable bonds is 6. The van der Waals surface area contributed by atoms with E-state index in [0.29, 0.717) is 0 Å². The molecule has 0 saturated carbocycles. The number of nitrogens with two attached hydrogens (primary N) is 1. The summed E-state index contributed by atoms with van der Waals surface area (Å²) in [6, 6.07) is 7.94. The Morgan fingerprint density at radius 3 is 2.87 bits per heavy atom. The molecule has 2 nitrogen and oxygen atoms in total. The predicted octanol–water partition coefficient (Wildman–Crippen LogP) is 3.05. The summed E-state index contributed by atoms with van der Waals surface area (Å²) in [5.74, 6) is 0.900. The van der Waals surface area contributed by atoms with Crippen molar-refractivity contribution in [1.29, 1.82) is 0 Å². The number of ether oxygens (including phenoxy) is 1. The van der Waals surface area contributed by atoms with Crippen LogP contribution in [0.15, 0.2) is 36.9 Å². The van der Waals surface area contributed by atoms with Crippen LogP contribution < -0.4 is 10.5 Å². The van der Waals surface area contributed by atoms with Gasteiger partial charge in [-0.3, -0.25) is 0 Å². The molecule has 1 aromatic carbocycles. The average molecular weight is 205 g/mol. The molecule has 0 fully saturated rings. The van der Waals surface area contributed by atoms with E-state index >= 15 is 0 Å². The van der Waals surface area contributed by atoms with Gasteiger partial charge in [0.2, 0.25) is 0 Å². The van der Waals surface area contributed by atoms with Crippen molar-refractivity contribution >= 4 is 0 Å². The summed E-state index contributed by atoms with van der Waals surface area (Å²) in [5.41, 5.74) is 6.91. The van der Waals surface area contributed by atoms with E-state index in [9.17, 15) is 0 Å². The van der Waals surface area contributed by atoms with Gasteiger partial charge >= 0.3 is 0 Å². The highest BCUT2D eigenvalue weighted by Crippen LogP contribution is 2.23. The van der Waals surface area contributed by atoms with Gasteiger partial charge in [-0.05, 0) is 25.8 Å². The van der Waals surface area contributed by atoms with Crippen molar-refractivity contribution in [2.75, 3.05) is 6.61 Å². The number of hydrogen-bond donors (Lipinski definition) is 1. The Kier molecular flexibility index (Phi) is 4.91. The summed E-state index contributed by atoms with van der Waals surface area (Å²) < 4.78 is 5.67. The molecular weight excluding hydrogens is 186 g/mol. The lowest BCUT2D eigenvalue weighted by Crippen LogP contribution is -2.08.